The van der Waals surface area contributed by atoms with E-state index in [2.05, 4.69) is 10.1 Å². The van der Waals surface area contributed by atoms with E-state index in [1.165, 1.54) is 24.0 Å². The molecular formula is C5H9N3O4S2. The molecule has 0 radical (unpaired) electrons. The first-order chi connectivity index (χ1) is 6.22. The van der Waals surface area contributed by atoms with Crippen LogP contribution in [0, 0.1) is 0 Å². The van der Waals surface area contributed by atoms with Crippen LogP contribution in [0.5, 0.6) is 0 Å². The van der Waals surface area contributed by atoms with E-state index in [0.29, 0.717) is 0 Å². The fraction of sp³-hybridized carbons (Fsp3) is 0.400. The van der Waals surface area contributed by atoms with E-state index in [-0.39, 0.29) is 5.16 Å². The van der Waals surface area contributed by atoms with Crippen LogP contribution in [-0.2, 0) is 26.9 Å². The Hall–Kier alpha value is -0.930. The van der Waals surface area contributed by atoms with E-state index in [4.69, 9.17) is 0 Å². The number of imidazole rings is 1. The van der Waals surface area contributed by atoms with Crippen molar-refractivity contribution in [2.24, 2.45) is 12.2 Å². The Morgan fingerprint density at radius 2 is 2.00 bits per heavy atom. The SMILES string of the molecule is Cn1ccnc1S(=O)(=O)CS(N)(=O)=O. The van der Waals surface area contributed by atoms with E-state index < -0.39 is 24.9 Å². The molecular weight excluding hydrogens is 230 g/mol. The van der Waals surface area contributed by atoms with Crippen molar-refractivity contribution >= 4 is 19.9 Å². The third kappa shape index (κ3) is 2.53. The van der Waals surface area contributed by atoms with Crippen LogP contribution in [0.1, 0.15) is 0 Å². The Labute approximate surface area is 81.5 Å². The van der Waals surface area contributed by atoms with Gasteiger partial charge in [0.25, 0.3) is 0 Å². The van der Waals surface area contributed by atoms with Gasteiger partial charge in [-0.3, -0.25) is 0 Å². The minimum atomic E-state index is -4.07. The molecule has 0 fully saturated rings. The summed E-state index contributed by atoms with van der Waals surface area (Å²) in [6.45, 7) is 0. The second-order valence-electron chi connectivity index (χ2n) is 2.72. The normalized spacial score (nSPS) is 13.0. The van der Waals surface area contributed by atoms with E-state index in [0.717, 1.165) is 0 Å². The van der Waals surface area contributed by atoms with Crippen LogP contribution in [0.2, 0.25) is 0 Å². The average molecular weight is 239 g/mol. The summed E-state index contributed by atoms with van der Waals surface area (Å²) in [5.74, 6) is 0. The average Bonchev–Trinajstić information content (AvgIpc) is 2.29. The summed E-state index contributed by atoms with van der Waals surface area (Å²) in [6, 6.07) is 0. The van der Waals surface area contributed by atoms with Crippen molar-refractivity contribution in [2.75, 3.05) is 5.08 Å². The first-order valence-corrected chi connectivity index (χ1v) is 6.80. The maximum atomic E-state index is 11.4. The second-order valence-corrected chi connectivity index (χ2v) is 6.58. The smallest absolute Gasteiger partial charge is 0.228 e. The van der Waals surface area contributed by atoms with Crippen molar-refractivity contribution in [1.82, 2.24) is 9.55 Å². The van der Waals surface area contributed by atoms with Gasteiger partial charge in [-0.1, -0.05) is 0 Å². The molecule has 1 rings (SSSR count). The van der Waals surface area contributed by atoms with E-state index >= 15 is 0 Å². The summed E-state index contributed by atoms with van der Waals surface area (Å²) in [6.07, 6.45) is 2.66. The van der Waals surface area contributed by atoms with Crippen molar-refractivity contribution < 1.29 is 16.8 Å². The molecule has 0 aliphatic carbocycles. The Bertz CT molecular complexity index is 527. The number of aryl methyl sites for hydroxylation is 1. The van der Waals surface area contributed by atoms with Crippen LogP contribution < -0.4 is 5.14 Å². The van der Waals surface area contributed by atoms with Gasteiger partial charge in [0.05, 0.1) is 0 Å². The molecule has 0 spiro atoms. The van der Waals surface area contributed by atoms with Gasteiger partial charge in [-0.15, -0.1) is 0 Å². The zero-order valence-corrected chi connectivity index (χ0v) is 8.92. The Morgan fingerprint density at radius 1 is 1.43 bits per heavy atom. The second kappa shape index (κ2) is 3.33. The molecule has 0 atom stereocenters. The molecule has 14 heavy (non-hydrogen) atoms. The van der Waals surface area contributed by atoms with Gasteiger partial charge in [-0.25, -0.2) is 27.0 Å². The quantitative estimate of drug-likeness (QED) is 0.685. The first kappa shape index (κ1) is 11.1. The highest BCUT2D eigenvalue weighted by atomic mass is 32.3. The summed E-state index contributed by atoms with van der Waals surface area (Å²) in [4.78, 5) is 3.53. The van der Waals surface area contributed by atoms with E-state index in [1.807, 2.05) is 0 Å². The Morgan fingerprint density at radius 3 is 2.36 bits per heavy atom. The van der Waals surface area contributed by atoms with Crippen molar-refractivity contribution in [3.05, 3.63) is 12.4 Å². The summed E-state index contributed by atoms with van der Waals surface area (Å²) >= 11 is 0. The van der Waals surface area contributed by atoms with E-state index in [9.17, 15) is 16.8 Å². The summed E-state index contributed by atoms with van der Waals surface area (Å²) in [7, 11) is -6.58. The molecule has 0 bridgehead atoms. The zero-order chi connectivity index (χ0) is 11.0. The lowest BCUT2D eigenvalue weighted by atomic mass is 10.9. The van der Waals surface area contributed by atoms with Gasteiger partial charge in [0.2, 0.25) is 25.0 Å². The lowest BCUT2D eigenvalue weighted by Crippen LogP contribution is -2.25. The van der Waals surface area contributed by atoms with Crippen molar-refractivity contribution in [3.63, 3.8) is 0 Å². The van der Waals surface area contributed by atoms with Crippen LogP contribution in [0.15, 0.2) is 17.6 Å². The number of rotatable bonds is 3. The Balaban J connectivity index is 3.17. The van der Waals surface area contributed by atoms with Crippen LogP contribution in [0.25, 0.3) is 0 Å². The van der Waals surface area contributed by atoms with Crippen molar-refractivity contribution in [2.45, 2.75) is 5.16 Å². The summed E-state index contributed by atoms with van der Waals surface area (Å²) in [5, 5.41) is 3.19. The molecule has 80 valence electrons. The number of primary sulfonamides is 1. The van der Waals surface area contributed by atoms with Gasteiger partial charge in [0.15, 0.2) is 5.08 Å². The molecule has 7 nitrogen and oxygen atoms in total. The molecule has 1 heterocycles. The molecule has 0 unspecified atom stereocenters. The lowest BCUT2D eigenvalue weighted by Gasteiger charge is -2.01. The minimum Gasteiger partial charge on any atom is -0.325 e. The zero-order valence-electron chi connectivity index (χ0n) is 7.28. The van der Waals surface area contributed by atoms with Gasteiger partial charge >= 0.3 is 0 Å². The third-order valence-electron chi connectivity index (χ3n) is 1.37. The van der Waals surface area contributed by atoms with Gasteiger partial charge < -0.3 is 4.57 Å². The first-order valence-electron chi connectivity index (χ1n) is 3.43. The van der Waals surface area contributed by atoms with Crippen molar-refractivity contribution in [1.29, 1.82) is 0 Å². The van der Waals surface area contributed by atoms with Crippen LogP contribution in [-0.4, -0.2) is 31.5 Å². The van der Waals surface area contributed by atoms with Gasteiger partial charge in [0, 0.05) is 19.4 Å². The highest BCUT2D eigenvalue weighted by Gasteiger charge is 2.24. The monoisotopic (exact) mass is 239 g/mol. The maximum Gasteiger partial charge on any atom is 0.228 e. The molecule has 0 saturated heterocycles. The Kier molecular flexibility index (Phi) is 2.65. The lowest BCUT2D eigenvalue weighted by molar-refractivity contribution is 0.578. The molecule has 0 aromatic carbocycles. The number of nitrogens with two attached hydrogens (primary N) is 1. The predicted molar refractivity (Wildman–Crippen MR) is 48.4 cm³/mol. The fourth-order valence-corrected chi connectivity index (χ4v) is 3.79. The largest absolute Gasteiger partial charge is 0.325 e. The maximum absolute atomic E-state index is 11.4. The molecule has 1 aromatic heterocycles. The third-order valence-corrected chi connectivity index (χ3v) is 4.88. The predicted octanol–water partition coefficient (Wildman–Crippen LogP) is -1.56. The fourth-order valence-electron chi connectivity index (χ4n) is 0.921. The molecule has 2 N–H and O–H groups in total. The number of sulfonamides is 1. The topological polar surface area (TPSA) is 112 Å². The number of sulfone groups is 1. The number of aromatic nitrogens is 2. The van der Waals surface area contributed by atoms with Gasteiger partial charge in [-0.05, 0) is 0 Å². The summed E-state index contributed by atoms with van der Waals surface area (Å²) < 4.78 is 45.2. The van der Waals surface area contributed by atoms with Gasteiger partial charge in [-0.2, -0.15) is 0 Å². The molecule has 9 heteroatoms. The molecule has 0 saturated carbocycles. The molecule has 1 aromatic rings. The number of hydrogen-bond donors (Lipinski definition) is 1. The highest BCUT2D eigenvalue weighted by molar-refractivity contribution is 8.06. The molecule has 0 aliphatic heterocycles. The number of nitrogens with zero attached hydrogens (tertiary/aromatic N) is 2. The summed E-state index contributed by atoms with van der Waals surface area (Å²) in [5.41, 5.74) is 0. The van der Waals surface area contributed by atoms with Crippen LogP contribution in [0.3, 0.4) is 0 Å². The van der Waals surface area contributed by atoms with Crippen molar-refractivity contribution in [3.8, 4) is 0 Å². The van der Waals surface area contributed by atoms with Crippen LogP contribution >= 0.6 is 0 Å². The van der Waals surface area contributed by atoms with Gasteiger partial charge in [0.1, 0.15) is 0 Å². The van der Waals surface area contributed by atoms with Crippen LogP contribution in [0.4, 0.5) is 0 Å². The number of hydrogen-bond acceptors (Lipinski definition) is 5. The highest BCUT2D eigenvalue weighted by Crippen LogP contribution is 2.07. The standard InChI is InChI=1S/C5H9N3O4S2/c1-8-3-2-7-5(8)13(9,10)4-14(6,11)12/h2-3H,4H2,1H3,(H2,6,11,12). The van der Waals surface area contributed by atoms with E-state index in [1.54, 1.807) is 0 Å². The molecule has 0 amide bonds. The molecule has 0 aliphatic rings. The minimum absolute atomic E-state index is 0.313.